The van der Waals surface area contributed by atoms with E-state index in [0.717, 1.165) is 25.9 Å². The first kappa shape index (κ1) is 12.3. The van der Waals surface area contributed by atoms with Gasteiger partial charge in [-0.05, 0) is 12.8 Å². The Kier molecular flexibility index (Phi) is 3.53. The average molecular weight is 248 g/mol. The molecular weight excluding hydrogens is 228 g/mol. The molecule has 0 aromatic carbocycles. The monoisotopic (exact) mass is 248 g/mol. The minimum Gasteiger partial charge on any atom is -0.379 e. The third-order valence-corrected chi connectivity index (χ3v) is 5.54. The predicted octanol–water partition coefficient (Wildman–Crippen LogP) is -0.775. The zero-order chi connectivity index (χ0) is 11.6. The summed E-state index contributed by atoms with van der Waals surface area (Å²) in [6, 6.07) is 0. The molecule has 0 saturated carbocycles. The molecule has 1 unspecified atom stereocenters. The van der Waals surface area contributed by atoms with E-state index < -0.39 is 9.84 Å². The highest BCUT2D eigenvalue weighted by atomic mass is 32.2. The van der Waals surface area contributed by atoms with Crippen molar-refractivity contribution in [2.24, 2.45) is 5.73 Å². The fourth-order valence-corrected chi connectivity index (χ4v) is 4.74. The smallest absolute Gasteiger partial charge is 0.152 e. The molecule has 0 amide bonds. The zero-order valence-corrected chi connectivity index (χ0v) is 10.3. The van der Waals surface area contributed by atoms with Gasteiger partial charge in [-0.1, -0.05) is 0 Å². The summed E-state index contributed by atoms with van der Waals surface area (Å²) in [5.74, 6) is 0.537. The van der Waals surface area contributed by atoms with Gasteiger partial charge in [-0.15, -0.1) is 0 Å². The minimum atomic E-state index is -2.91. The van der Waals surface area contributed by atoms with E-state index >= 15 is 0 Å². The van der Waals surface area contributed by atoms with Gasteiger partial charge in [0.1, 0.15) is 0 Å². The highest BCUT2D eigenvalue weighted by molar-refractivity contribution is 7.91. The van der Waals surface area contributed by atoms with E-state index in [4.69, 9.17) is 10.5 Å². The van der Waals surface area contributed by atoms with Crippen molar-refractivity contribution in [3.8, 4) is 0 Å². The molecule has 0 aliphatic carbocycles. The molecule has 2 heterocycles. The fraction of sp³-hybridized carbons (Fsp3) is 1.00. The highest BCUT2D eigenvalue weighted by Crippen LogP contribution is 2.29. The van der Waals surface area contributed by atoms with Crippen LogP contribution in [0.25, 0.3) is 0 Å². The molecule has 0 radical (unpaired) electrons. The lowest BCUT2D eigenvalue weighted by Crippen LogP contribution is -2.62. The van der Waals surface area contributed by atoms with Crippen LogP contribution in [0.15, 0.2) is 0 Å². The van der Waals surface area contributed by atoms with Crippen molar-refractivity contribution in [2.75, 3.05) is 44.4 Å². The van der Waals surface area contributed by atoms with Gasteiger partial charge in [0.2, 0.25) is 0 Å². The first-order valence-electron chi connectivity index (χ1n) is 5.81. The molecule has 2 fully saturated rings. The Labute approximate surface area is 96.9 Å². The van der Waals surface area contributed by atoms with Gasteiger partial charge in [0.05, 0.1) is 24.7 Å². The lowest BCUT2D eigenvalue weighted by molar-refractivity contribution is -0.0163. The third-order valence-electron chi connectivity index (χ3n) is 3.65. The van der Waals surface area contributed by atoms with Gasteiger partial charge in [0, 0.05) is 25.2 Å². The van der Waals surface area contributed by atoms with Gasteiger partial charge in [0.25, 0.3) is 0 Å². The molecular formula is C10H20N2O3S. The van der Waals surface area contributed by atoms with E-state index in [-0.39, 0.29) is 11.3 Å². The summed E-state index contributed by atoms with van der Waals surface area (Å²) in [5.41, 5.74) is 5.51. The Morgan fingerprint density at radius 3 is 2.56 bits per heavy atom. The molecule has 0 aromatic heterocycles. The van der Waals surface area contributed by atoms with Crippen LogP contribution in [-0.4, -0.2) is 63.2 Å². The van der Waals surface area contributed by atoms with Crippen molar-refractivity contribution in [1.29, 1.82) is 0 Å². The van der Waals surface area contributed by atoms with Gasteiger partial charge >= 0.3 is 0 Å². The van der Waals surface area contributed by atoms with E-state index in [9.17, 15) is 8.42 Å². The Balaban J connectivity index is 2.17. The fourth-order valence-electron chi connectivity index (χ4n) is 2.75. The van der Waals surface area contributed by atoms with Crippen molar-refractivity contribution in [2.45, 2.75) is 18.4 Å². The summed E-state index contributed by atoms with van der Waals surface area (Å²) in [6.45, 7) is 3.38. The van der Waals surface area contributed by atoms with Crippen LogP contribution in [0, 0.1) is 0 Å². The van der Waals surface area contributed by atoms with Crippen molar-refractivity contribution in [1.82, 2.24) is 4.90 Å². The first-order chi connectivity index (χ1) is 7.58. The topological polar surface area (TPSA) is 72.6 Å². The van der Waals surface area contributed by atoms with Crippen LogP contribution in [0.4, 0.5) is 0 Å². The maximum absolute atomic E-state index is 11.8. The van der Waals surface area contributed by atoms with Crippen molar-refractivity contribution in [3.63, 3.8) is 0 Å². The zero-order valence-electron chi connectivity index (χ0n) is 9.52. The molecule has 0 bridgehead atoms. The molecule has 16 heavy (non-hydrogen) atoms. The van der Waals surface area contributed by atoms with Gasteiger partial charge in [-0.3, -0.25) is 4.90 Å². The number of hydrogen-bond acceptors (Lipinski definition) is 5. The summed E-state index contributed by atoms with van der Waals surface area (Å²) in [4.78, 5) is 2.22. The highest BCUT2D eigenvalue weighted by Gasteiger charge is 2.42. The van der Waals surface area contributed by atoms with Crippen molar-refractivity contribution >= 4 is 9.84 Å². The second-order valence-electron chi connectivity index (χ2n) is 4.72. The van der Waals surface area contributed by atoms with Crippen LogP contribution in [0.1, 0.15) is 12.8 Å². The SMILES string of the molecule is NCC1(N2CCOCC2)CCCS(=O)(=O)C1. The lowest BCUT2D eigenvalue weighted by atomic mass is 9.92. The van der Waals surface area contributed by atoms with Gasteiger partial charge in [-0.25, -0.2) is 8.42 Å². The number of ether oxygens (including phenoxy) is 1. The average Bonchev–Trinajstić information content (AvgIpc) is 2.29. The number of sulfone groups is 1. The van der Waals surface area contributed by atoms with Gasteiger partial charge in [0.15, 0.2) is 9.84 Å². The molecule has 0 spiro atoms. The van der Waals surface area contributed by atoms with Crippen molar-refractivity contribution < 1.29 is 13.2 Å². The molecule has 2 rings (SSSR count). The standard InChI is InChI=1S/C10H20N2O3S/c11-8-10(12-3-5-15-6-4-12)2-1-7-16(13,14)9-10/h1-9,11H2. The molecule has 0 aromatic rings. The quantitative estimate of drug-likeness (QED) is 0.694. The largest absolute Gasteiger partial charge is 0.379 e. The number of hydrogen-bond donors (Lipinski definition) is 1. The third kappa shape index (κ3) is 2.40. The molecule has 2 aliphatic heterocycles. The number of nitrogens with zero attached hydrogens (tertiary/aromatic N) is 1. The maximum atomic E-state index is 11.8. The second-order valence-corrected chi connectivity index (χ2v) is 6.91. The second kappa shape index (κ2) is 4.60. The van der Waals surface area contributed by atoms with Crippen molar-refractivity contribution in [3.05, 3.63) is 0 Å². The van der Waals surface area contributed by atoms with Gasteiger partial charge < -0.3 is 10.5 Å². The van der Waals surface area contributed by atoms with E-state index in [1.54, 1.807) is 0 Å². The van der Waals surface area contributed by atoms with Crippen LogP contribution in [0.2, 0.25) is 0 Å². The molecule has 2 aliphatic rings. The maximum Gasteiger partial charge on any atom is 0.152 e. The number of nitrogens with two attached hydrogens (primary N) is 1. The summed E-state index contributed by atoms with van der Waals surface area (Å²) in [7, 11) is -2.91. The predicted molar refractivity (Wildman–Crippen MR) is 62.1 cm³/mol. The molecule has 2 N–H and O–H groups in total. The Hall–Kier alpha value is -0.170. The molecule has 94 valence electrons. The summed E-state index contributed by atoms with van der Waals surface area (Å²) in [6.07, 6.45) is 1.62. The Bertz CT molecular complexity index is 338. The van der Waals surface area contributed by atoms with Crippen LogP contribution < -0.4 is 5.73 Å². The van der Waals surface area contributed by atoms with Gasteiger partial charge in [-0.2, -0.15) is 0 Å². The van der Waals surface area contributed by atoms with Crippen LogP contribution >= 0.6 is 0 Å². The molecule has 2 saturated heterocycles. The van der Waals surface area contributed by atoms with E-state index in [0.29, 0.717) is 25.5 Å². The lowest BCUT2D eigenvalue weighted by Gasteiger charge is -2.46. The van der Waals surface area contributed by atoms with E-state index in [1.165, 1.54) is 0 Å². The number of rotatable bonds is 2. The summed E-state index contributed by atoms with van der Waals surface area (Å²) in [5, 5.41) is 0. The normalized spacial score (nSPS) is 36.1. The van der Waals surface area contributed by atoms with E-state index in [1.807, 2.05) is 0 Å². The Morgan fingerprint density at radius 2 is 2.00 bits per heavy atom. The summed E-state index contributed by atoms with van der Waals surface area (Å²) >= 11 is 0. The van der Waals surface area contributed by atoms with E-state index in [2.05, 4.69) is 4.90 Å². The molecule has 1 atom stereocenters. The van der Waals surface area contributed by atoms with Crippen LogP contribution in [0.3, 0.4) is 0 Å². The molecule has 6 heteroatoms. The first-order valence-corrected chi connectivity index (χ1v) is 7.63. The minimum absolute atomic E-state index is 0.219. The molecule has 5 nitrogen and oxygen atoms in total. The van der Waals surface area contributed by atoms with Crippen LogP contribution in [-0.2, 0) is 14.6 Å². The Morgan fingerprint density at radius 1 is 1.31 bits per heavy atom. The number of morpholine rings is 1. The summed E-state index contributed by atoms with van der Waals surface area (Å²) < 4.78 is 28.8. The van der Waals surface area contributed by atoms with Crippen LogP contribution in [0.5, 0.6) is 0 Å².